The maximum atomic E-state index is 12.7. The number of aromatic nitrogens is 1. The van der Waals surface area contributed by atoms with Gasteiger partial charge in [0.05, 0.1) is 18.4 Å². The summed E-state index contributed by atoms with van der Waals surface area (Å²) in [5.74, 6) is 0.523. The number of piperidine rings is 1. The number of benzene rings is 1. The van der Waals surface area contributed by atoms with Crippen LogP contribution in [0.1, 0.15) is 55.0 Å². The van der Waals surface area contributed by atoms with E-state index < -0.39 is 0 Å². The molecule has 1 saturated heterocycles. The van der Waals surface area contributed by atoms with Gasteiger partial charge in [-0.15, -0.1) is 0 Å². The number of pyridine rings is 1. The summed E-state index contributed by atoms with van der Waals surface area (Å²) in [5.41, 5.74) is 5.48. The van der Waals surface area contributed by atoms with Gasteiger partial charge in [-0.3, -0.25) is 14.7 Å². The van der Waals surface area contributed by atoms with Gasteiger partial charge in [-0.05, 0) is 61.1 Å². The summed E-state index contributed by atoms with van der Waals surface area (Å²) in [7, 11) is 0. The number of carbonyl (C=O) groups is 1. The summed E-state index contributed by atoms with van der Waals surface area (Å²) in [4.78, 5) is 19.5. The van der Waals surface area contributed by atoms with E-state index in [1.807, 2.05) is 18.3 Å². The molecule has 0 unspecified atom stereocenters. The second kappa shape index (κ2) is 9.00. The number of furan rings is 1. The van der Waals surface area contributed by atoms with Gasteiger partial charge in [0, 0.05) is 42.8 Å². The van der Waals surface area contributed by atoms with E-state index in [4.69, 9.17) is 4.42 Å². The topological polar surface area (TPSA) is 58.4 Å². The number of aryl methyl sites for hydroxylation is 1. The molecule has 0 aliphatic carbocycles. The van der Waals surface area contributed by atoms with Crippen molar-refractivity contribution in [2.45, 2.75) is 58.5 Å². The molecule has 1 amide bonds. The fraction of sp³-hybridized carbons (Fsp3) is 0.440. The van der Waals surface area contributed by atoms with Gasteiger partial charge in [0.1, 0.15) is 5.58 Å². The highest BCUT2D eigenvalue weighted by atomic mass is 16.3. The predicted octanol–water partition coefficient (Wildman–Crippen LogP) is 4.58. The Morgan fingerprint density at radius 3 is 2.77 bits per heavy atom. The second-order valence-corrected chi connectivity index (χ2v) is 8.74. The zero-order chi connectivity index (χ0) is 21.1. The van der Waals surface area contributed by atoms with Crippen LogP contribution in [-0.2, 0) is 17.8 Å². The lowest BCUT2D eigenvalue weighted by Gasteiger charge is -2.32. The van der Waals surface area contributed by atoms with Gasteiger partial charge in [-0.25, -0.2) is 0 Å². The zero-order valence-corrected chi connectivity index (χ0v) is 18.1. The van der Waals surface area contributed by atoms with Crippen LogP contribution in [0.4, 0.5) is 0 Å². The lowest BCUT2D eigenvalue weighted by molar-refractivity contribution is -0.121. The third-order valence-electron chi connectivity index (χ3n) is 6.08. The number of nitrogens with one attached hydrogen (secondary N) is 1. The number of amides is 1. The van der Waals surface area contributed by atoms with Crippen LogP contribution in [0, 0.1) is 6.92 Å². The third-order valence-corrected chi connectivity index (χ3v) is 6.08. The van der Waals surface area contributed by atoms with Crippen molar-refractivity contribution >= 4 is 16.9 Å². The molecule has 1 aliphatic heterocycles. The van der Waals surface area contributed by atoms with Crippen molar-refractivity contribution in [3.63, 3.8) is 0 Å². The fourth-order valence-electron chi connectivity index (χ4n) is 4.41. The minimum Gasteiger partial charge on any atom is -0.464 e. The van der Waals surface area contributed by atoms with Crippen molar-refractivity contribution in [1.82, 2.24) is 15.2 Å². The van der Waals surface area contributed by atoms with Gasteiger partial charge in [-0.1, -0.05) is 19.9 Å². The van der Waals surface area contributed by atoms with Crippen molar-refractivity contribution in [1.29, 1.82) is 0 Å². The molecule has 158 valence electrons. The first-order chi connectivity index (χ1) is 14.5. The summed E-state index contributed by atoms with van der Waals surface area (Å²) in [6, 6.07) is 10.6. The summed E-state index contributed by atoms with van der Waals surface area (Å²) in [6.45, 7) is 9.34. The lowest BCUT2D eigenvalue weighted by atomic mass is 9.95. The van der Waals surface area contributed by atoms with Crippen molar-refractivity contribution in [2.24, 2.45) is 0 Å². The molecule has 5 heteroatoms. The standard InChI is InChI=1S/C25H31N3O2/c1-17(2)22-14-23-19(16-30-24(23)12-18(22)3)13-25(29)27-20-7-10-28(11-8-20)15-21-6-4-5-9-26-21/h4-6,9,12,14,16-17,20H,7-8,10-11,13,15H2,1-3H3,(H,27,29). The van der Waals surface area contributed by atoms with Crippen LogP contribution >= 0.6 is 0 Å². The molecule has 0 radical (unpaired) electrons. The molecule has 1 aliphatic rings. The third kappa shape index (κ3) is 4.73. The fourth-order valence-corrected chi connectivity index (χ4v) is 4.41. The zero-order valence-electron chi connectivity index (χ0n) is 18.1. The Kier molecular flexibility index (Phi) is 6.18. The Bertz CT molecular complexity index is 1000. The minimum absolute atomic E-state index is 0.0764. The van der Waals surface area contributed by atoms with Crippen molar-refractivity contribution in [2.75, 3.05) is 13.1 Å². The molecule has 3 aromatic rings. The molecular formula is C25H31N3O2. The van der Waals surface area contributed by atoms with Crippen LogP contribution in [0.15, 0.2) is 47.2 Å². The highest BCUT2D eigenvalue weighted by molar-refractivity contribution is 5.88. The number of fused-ring (bicyclic) bond motifs is 1. The van der Waals surface area contributed by atoms with E-state index in [0.29, 0.717) is 12.3 Å². The lowest BCUT2D eigenvalue weighted by Crippen LogP contribution is -2.44. The Labute approximate surface area is 178 Å². The summed E-state index contributed by atoms with van der Waals surface area (Å²) < 4.78 is 5.73. The number of hydrogen-bond donors (Lipinski definition) is 1. The van der Waals surface area contributed by atoms with Crippen LogP contribution in [0.2, 0.25) is 0 Å². The minimum atomic E-state index is 0.0764. The summed E-state index contributed by atoms with van der Waals surface area (Å²) >= 11 is 0. The predicted molar refractivity (Wildman–Crippen MR) is 119 cm³/mol. The normalized spacial score (nSPS) is 15.7. The molecule has 0 spiro atoms. The van der Waals surface area contributed by atoms with E-state index >= 15 is 0 Å². The van der Waals surface area contributed by atoms with Gasteiger partial charge in [0.2, 0.25) is 5.91 Å². The Morgan fingerprint density at radius 2 is 2.07 bits per heavy atom. The first kappa shape index (κ1) is 20.6. The molecular weight excluding hydrogens is 374 g/mol. The molecule has 1 fully saturated rings. The van der Waals surface area contributed by atoms with Crippen molar-refractivity contribution < 1.29 is 9.21 Å². The Balaban J connectivity index is 1.33. The first-order valence-corrected chi connectivity index (χ1v) is 10.9. The molecule has 30 heavy (non-hydrogen) atoms. The van der Waals surface area contributed by atoms with E-state index in [1.165, 1.54) is 11.1 Å². The monoisotopic (exact) mass is 405 g/mol. The van der Waals surface area contributed by atoms with Gasteiger partial charge >= 0.3 is 0 Å². The van der Waals surface area contributed by atoms with Crippen LogP contribution in [0.5, 0.6) is 0 Å². The summed E-state index contributed by atoms with van der Waals surface area (Å²) in [5, 5.41) is 4.29. The molecule has 0 bridgehead atoms. The number of hydrogen-bond acceptors (Lipinski definition) is 4. The Hall–Kier alpha value is -2.66. The largest absolute Gasteiger partial charge is 0.464 e. The highest BCUT2D eigenvalue weighted by Gasteiger charge is 2.22. The number of likely N-dealkylation sites (tertiary alicyclic amines) is 1. The van der Waals surface area contributed by atoms with E-state index in [2.05, 4.69) is 54.2 Å². The van der Waals surface area contributed by atoms with Gasteiger partial charge in [-0.2, -0.15) is 0 Å². The smallest absolute Gasteiger partial charge is 0.224 e. The molecule has 5 nitrogen and oxygen atoms in total. The van der Waals surface area contributed by atoms with Crippen LogP contribution < -0.4 is 5.32 Å². The average Bonchev–Trinajstić information content (AvgIpc) is 3.10. The highest BCUT2D eigenvalue weighted by Crippen LogP contribution is 2.29. The van der Waals surface area contributed by atoms with Gasteiger partial charge < -0.3 is 9.73 Å². The molecule has 2 aromatic heterocycles. The quantitative estimate of drug-likeness (QED) is 0.652. The van der Waals surface area contributed by atoms with Gasteiger partial charge in [0.15, 0.2) is 0 Å². The van der Waals surface area contributed by atoms with E-state index in [1.54, 1.807) is 6.26 Å². The molecule has 1 aromatic carbocycles. The number of rotatable bonds is 6. The van der Waals surface area contributed by atoms with Gasteiger partial charge in [0.25, 0.3) is 0 Å². The summed E-state index contributed by atoms with van der Waals surface area (Å²) in [6.07, 6.45) is 5.89. The van der Waals surface area contributed by atoms with Crippen LogP contribution in [-0.4, -0.2) is 34.9 Å². The van der Waals surface area contributed by atoms with Crippen LogP contribution in [0.25, 0.3) is 11.0 Å². The molecule has 4 rings (SSSR count). The maximum absolute atomic E-state index is 12.7. The molecule has 0 atom stereocenters. The van der Waals surface area contributed by atoms with Crippen LogP contribution in [0.3, 0.4) is 0 Å². The van der Waals surface area contributed by atoms with E-state index in [-0.39, 0.29) is 11.9 Å². The maximum Gasteiger partial charge on any atom is 0.224 e. The van der Waals surface area contributed by atoms with E-state index in [0.717, 1.165) is 54.7 Å². The number of carbonyl (C=O) groups excluding carboxylic acids is 1. The molecule has 0 saturated carbocycles. The SMILES string of the molecule is Cc1cc2occ(CC(=O)NC3CCN(Cc4ccccn4)CC3)c2cc1C(C)C. The molecule has 3 heterocycles. The Morgan fingerprint density at radius 1 is 1.27 bits per heavy atom. The second-order valence-electron chi connectivity index (χ2n) is 8.74. The van der Waals surface area contributed by atoms with Crippen molar-refractivity contribution in [3.8, 4) is 0 Å². The number of nitrogens with zero attached hydrogens (tertiary/aromatic N) is 2. The van der Waals surface area contributed by atoms with E-state index in [9.17, 15) is 4.79 Å². The van der Waals surface area contributed by atoms with Crippen molar-refractivity contribution in [3.05, 3.63) is 65.2 Å². The molecule has 1 N–H and O–H groups in total. The average molecular weight is 406 g/mol. The first-order valence-electron chi connectivity index (χ1n) is 10.9.